The van der Waals surface area contributed by atoms with Crippen LogP contribution in [0.5, 0.6) is 0 Å². The van der Waals surface area contributed by atoms with Gasteiger partial charge in [-0.15, -0.1) is 0 Å². The summed E-state index contributed by atoms with van der Waals surface area (Å²) in [6.45, 7) is 1.89. The summed E-state index contributed by atoms with van der Waals surface area (Å²) in [5.41, 5.74) is 3.28. The maximum atomic E-state index is 14.9. The second kappa shape index (κ2) is 8.19. The van der Waals surface area contributed by atoms with Crippen molar-refractivity contribution in [2.75, 3.05) is 0 Å². The molecule has 0 aliphatic heterocycles. The molecule has 7 heteroatoms. The van der Waals surface area contributed by atoms with Gasteiger partial charge in [0.05, 0.1) is 11.7 Å². The minimum atomic E-state index is -0.675. The molecule has 2 fully saturated rings. The zero-order valence-corrected chi connectivity index (χ0v) is 19.7. The molecule has 3 unspecified atom stereocenters. The van der Waals surface area contributed by atoms with Gasteiger partial charge in [-0.2, -0.15) is 5.10 Å². The van der Waals surface area contributed by atoms with Crippen LogP contribution in [0.4, 0.5) is 8.78 Å². The first-order valence-corrected chi connectivity index (χ1v) is 12.4. The number of aromatic nitrogens is 2. The summed E-state index contributed by atoms with van der Waals surface area (Å²) in [6.07, 6.45) is 5.38. The molecular formula is C27H26ClF2N3O. The molecule has 1 amide bonds. The first-order valence-electron chi connectivity index (χ1n) is 12.0. The van der Waals surface area contributed by atoms with Gasteiger partial charge < -0.3 is 5.32 Å². The lowest BCUT2D eigenvalue weighted by atomic mass is 9.67. The third-order valence-electron chi connectivity index (χ3n) is 7.96. The third-order valence-corrected chi connectivity index (χ3v) is 8.31. The maximum absolute atomic E-state index is 14.9. The van der Waals surface area contributed by atoms with Gasteiger partial charge in [-0.3, -0.25) is 4.79 Å². The van der Waals surface area contributed by atoms with E-state index in [0.29, 0.717) is 22.6 Å². The van der Waals surface area contributed by atoms with Crippen LogP contribution in [0.3, 0.4) is 0 Å². The van der Waals surface area contributed by atoms with Crippen LogP contribution in [-0.4, -0.2) is 15.7 Å². The molecule has 4 aliphatic carbocycles. The Morgan fingerprint density at radius 1 is 1.06 bits per heavy atom. The number of carbonyl (C=O) groups excluding carboxylic acids is 1. The van der Waals surface area contributed by atoms with E-state index in [-0.39, 0.29) is 29.5 Å². The number of benzene rings is 2. The van der Waals surface area contributed by atoms with Gasteiger partial charge in [-0.1, -0.05) is 29.8 Å². The summed E-state index contributed by atoms with van der Waals surface area (Å²) in [5.74, 6) is 0.118. The normalized spacial score (nSPS) is 25.6. The predicted molar refractivity (Wildman–Crippen MR) is 126 cm³/mol. The molecule has 3 atom stereocenters. The average Bonchev–Trinajstić information content (AvgIpc) is 3.10. The van der Waals surface area contributed by atoms with Crippen LogP contribution in [0.25, 0.3) is 5.69 Å². The number of nitrogens with zero attached hydrogens (tertiary/aromatic N) is 2. The van der Waals surface area contributed by atoms with E-state index in [2.05, 4.69) is 5.32 Å². The number of hydrogen-bond donors (Lipinski definition) is 1. The molecule has 0 radical (unpaired) electrons. The lowest BCUT2D eigenvalue weighted by molar-refractivity contribution is 0.0931. The molecule has 0 saturated heterocycles. The summed E-state index contributed by atoms with van der Waals surface area (Å²) < 4.78 is 30.2. The summed E-state index contributed by atoms with van der Waals surface area (Å²) in [6, 6.07) is 10.6. The van der Waals surface area contributed by atoms with E-state index in [1.807, 2.05) is 25.1 Å². The second-order valence-corrected chi connectivity index (χ2v) is 10.6. The summed E-state index contributed by atoms with van der Waals surface area (Å²) in [5, 5.41) is 8.34. The molecule has 2 aromatic carbocycles. The summed E-state index contributed by atoms with van der Waals surface area (Å²) in [7, 11) is 0. The molecule has 7 rings (SSSR count). The Labute approximate surface area is 202 Å². The third kappa shape index (κ3) is 3.54. The van der Waals surface area contributed by atoms with Crippen molar-refractivity contribution in [2.45, 2.75) is 56.9 Å². The molecule has 0 spiro atoms. The van der Waals surface area contributed by atoms with Crippen molar-refractivity contribution in [3.8, 4) is 5.69 Å². The smallest absolute Gasteiger partial charge is 0.272 e. The predicted octanol–water partition coefficient (Wildman–Crippen LogP) is 6.69. The zero-order chi connectivity index (χ0) is 23.6. The molecule has 34 heavy (non-hydrogen) atoms. The Morgan fingerprint density at radius 3 is 2.47 bits per heavy atom. The van der Waals surface area contributed by atoms with E-state index in [1.54, 1.807) is 10.7 Å². The largest absolute Gasteiger partial charge is 0.344 e. The lowest BCUT2D eigenvalue weighted by Crippen LogP contribution is -2.30. The monoisotopic (exact) mass is 481 g/mol. The SMILES string of the molecule is CC(NC(=O)c1nn(-c2ccc(F)cc2F)c2c1C1CC3CC(C1)CC2C3)c1ccccc1Cl. The minimum absolute atomic E-state index is 0.192. The van der Waals surface area contributed by atoms with Gasteiger partial charge in [0.15, 0.2) is 11.5 Å². The highest BCUT2D eigenvalue weighted by Gasteiger charge is 2.46. The van der Waals surface area contributed by atoms with Gasteiger partial charge in [0.25, 0.3) is 5.91 Å². The zero-order valence-electron chi connectivity index (χ0n) is 18.9. The van der Waals surface area contributed by atoms with Crippen molar-refractivity contribution in [1.29, 1.82) is 0 Å². The van der Waals surface area contributed by atoms with Crippen molar-refractivity contribution in [3.63, 3.8) is 0 Å². The number of rotatable bonds is 4. The Hall–Kier alpha value is -2.73. The van der Waals surface area contributed by atoms with Crippen molar-refractivity contribution in [2.24, 2.45) is 11.8 Å². The molecule has 1 heterocycles. The fourth-order valence-corrected chi connectivity index (χ4v) is 7.02. The number of amides is 1. The van der Waals surface area contributed by atoms with E-state index in [0.717, 1.165) is 48.6 Å². The van der Waals surface area contributed by atoms with Crippen LogP contribution in [0.15, 0.2) is 42.5 Å². The van der Waals surface area contributed by atoms with Gasteiger partial charge in [0, 0.05) is 22.6 Å². The Kier molecular flexibility index (Phi) is 5.25. The highest BCUT2D eigenvalue weighted by Crippen LogP contribution is 2.57. The Balaban J connectivity index is 1.46. The van der Waals surface area contributed by atoms with Crippen LogP contribution in [0, 0.1) is 23.5 Å². The molecule has 176 valence electrons. The Morgan fingerprint density at radius 2 is 1.76 bits per heavy atom. The highest BCUT2D eigenvalue weighted by atomic mass is 35.5. The second-order valence-electron chi connectivity index (χ2n) is 10.2. The van der Waals surface area contributed by atoms with Crippen LogP contribution in [0.1, 0.15) is 84.2 Å². The molecule has 4 bridgehead atoms. The Bertz CT molecular complexity index is 1270. The van der Waals surface area contributed by atoms with E-state index < -0.39 is 11.6 Å². The van der Waals surface area contributed by atoms with Crippen LogP contribution in [0.2, 0.25) is 5.02 Å². The number of hydrogen-bond acceptors (Lipinski definition) is 2. The van der Waals surface area contributed by atoms with Crippen LogP contribution < -0.4 is 5.32 Å². The number of halogens is 3. The number of nitrogens with one attached hydrogen (secondary N) is 1. The van der Waals surface area contributed by atoms with E-state index in [9.17, 15) is 13.6 Å². The van der Waals surface area contributed by atoms with Crippen molar-refractivity contribution < 1.29 is 13.6 Å². The fraction of sp³-hybridized carbons (Fsp3) is 0.407. The topological polar surface area (TPSA) is 46.9 Å². The van der Waals surface area contributed by atoms with Gasteiger partial charge in [0.1, 0.15) is 11.5 Å². The number of carbonyl (C=O) groups is 1. The maximum Gasteiger partial charge on any atom is 0.272 e. The molecule has 1 N–H and O–H groups in total. The van der Waals surface area contributed by atoms with Crippen LogP contribution in [-0.2, 0) is 0 Å². The lowest BCUT2D eigenvalue weighted by Gasteiger charge is -2.38. The van der Waals surface area contributed by atoms with E-state index >= 15 is 0 Å². The first-order chi connectivity index (χ1) is 16.4. The van der Waals surface area contributed by atoms with E-state index in [1.165, 1.54) is 18.6 Å². The average molecular weight is 482 g/mol. The molecule has 1 aromatic heterocycles. The standard InChI is InChI=1S/C27H26ClF2N3O/c1-14(20-4-2-3-5-21(20)28)31-27(34)25-24-17-9-15-8-16(10-17)12-18(11-15)26(24)33(32-25)23-7-6-19(29)13-22(23)30/h2-7,13-18H,8-12H2,1H3,(H,31,34). The molecule has 3 aromatic rings. The highest BCUT2D eigenvalue weighted by molar-refractivity contribution is 6.31. The van der Waals surface area contributed by atoms with Gasteiger partial charge in [0.2, 0.25) is 0 Å². The van der Waals surface area contributed by atoms with Crippen molar-refractivity contribution in [3.05, 3.63) is 81.6 Å². The summed E-state index contributed by atoms with van der Waals surface area (Å²) in [4.78, 5) is 13.6. The van der Waals surface area contributed by atoms with E-state index in [4.69, 9.17) is 16.7 Å². The molecule has 2 saturated carbocycles. The van der Waals surface area contributed by atoms with Crippen molar-refractivity contribution in [1.82, 2.24) is 15.1 Å². The fourth-order valence-electron chi connectivity index (χ4n) is 6.72. The van der Waals surface area contributed by atoms with Gasteiger partial charge in [-0.25, -0.2) is 13.5 Å². The van der Waals surface area contributed by atoms with Crippen LogP contribution >= 0.6 is 11.6 Å². The van der Waals surface area contributed by atoms with Gasteiger partial charge in [-0.05, 0) is 80.5 Å². The minimum Gasteiger partial charge on any atom is -0.344 e. The summed E-state index contributed by atoms with van der Waals surface area (Å²) >= 11 is 6.35. The van der Waals surface area contributed by atoms with Crippen molar-refractivity contribution >= 4 is 17.5 Å². The van der Waals surface area contributed by atoms with Gasteiger partial charge >= 0.3 is 0 Å². The molecule has 4 aliphatic rings. The molecular weight excluding hydrogens is 456 g/mol. The first kappa shape index (κ1) is 21.8. The quantitative estimate of drug-likeness (QED) is 0.451. The molecule has 4 nitrogen and oxygen atoms in total.